The first-order chi connectivity index (χ1) is 12.2. The molecule has 3 rings (SSSR count). The van der Waals surface area contributed by atoms with E-state index in [-0.39, 0.29) is 19.1 Å². The van der Waals surface area contributed by atoms with Crippen LogP contribution in [0.25, 0.3) is 0 Å². The van der Waals surface area contributed by atoms with E-state index in [0.29, 0.717) is 23.5 Å². The van der Waals surface area contributed by atoms with E-state index in [0.717, 1.165) is 11.3 Å². The molecule has 1 heterocycles. The number of rotatable bonds is 5. The fourth-order valence-corrected chi connectivity index (χ4v) is 2.35. The van der Waals surface area contributed by atoms with E-state index < -0.39 is 5.91 Å². The molecule has 1 aliphatic rings. The summed E-state index contributed by atoms with van der Waals surface area (Å²) in [6.07, 6.45) is 0.823. The van der Waals surface area contributed by atoms with Crippen LogP contribution >= 0.6 is 0 Å². The topological polar surface area (TPSA) is 85.9 Å². The molecule has 0 fully saturated rings. The van der Waals surface area contributed by atoms with Crippen LogP contribution in [0.2, 0.25) is 0 Å². The molecule has 25 heavy (non-hydrogen) atoms. The van der Waals surface area contributed by atoms with Crippen molar-refractivity contribution in [1.82, 2.24) is 10.9 Å². The normalized spacial score (nSPS) is 11.7. The molecule has 0 saturated carbocycles. The quantitative estimate of drug-likeness (QED) is 0.810. The second kappa shape index (κ2) is 7.57. The van der Waals surface area contributed by atoms with Crippen molar-refractivity contribution in [1.29, 1.82) is 0 Å². The molecule has 0 saturated heterocycles. The van der Waals surface area contributed by atoms with Crippen LogP contribution in [-0.2, 0) is 11.2 Å². The maximum Gasteiger partial charge on any atom is 0.269 e. The smallest absolute Gasteiger partial charge is 0.269 e. The molecule has 2 N–H and O–H groups in total. The third-order valence-corrected chi connectivity index (χ3v) is 3.75. The standard InChI is InChI=1S/C18H18N2O5/c1-23-14-6-2-12(3-7-14)4-9-17(21)19-20-18(22)13-5-8-15-16(10-13)25-11-24-15/h2-3,5-8,10H,4,9,11H2,1H3,(H,19,21)(H,20,22). The number of amides is 2. The average Bonchev–Trinajstić information content (AvgIpc) is 3.12. The van der Waals surface area contributed by atoms with Crippen molar-refractivity contribution in [2.75, 3.05) is 13.9 Å². The Labute approximate surface area is 144 Å². The predicted molar refractivity (Wildman–Crippen MR) is 89.5 cm³/mol. The third-order valence-electron chi connectivity index (χ3n) is 3.75. The lowest BCUT2D eigenvalue weighted by atomic mass is 10.1. The number of methoxy groups -OCH3 is 1. The van der Waals surface area contributed by atoms with Gasteiger partial charge >= 0.3 is 0 Å². The maximum absolute atomic E-state index is 12.1. The van der Waals surface area contributed by atoms with Crippen molar-refractivity contribution in [3.63, 3.8) is 0 Å². The van der Waals surface area contributed by atoms with Crippen LogP contribution in [0.3, 0.4) is 0 Å². The Morgan fingerprint density at radius 3 is 2.56 bits per heavy atom. The molecule has 0 bridgehead atoms. The van der Waals surface area contributed by atoms with Crippen LogP contribution in [-0.4, -0.2) is 25.7 Å². The van der Waals surface area contributed by atoms with Crippen molar-refractivity contribution >= 4 is 11.8 Å². The average molecular weight is 342 g/mol. The first kappa shape index (κ1) is 16.6. The lowest BCUT2D eigenvalue weighted by Gasteiger charge is -2.08. The molecule has 2 aromatic rings. The van der Waals surface area contributed by atoms with E-state index in [9.17, 15) is 9.59 Å². The number of carbonyl (C=O) groups is 2. The van der Waals surface area contributed by atoms with Gasteiger partial charge in [-0.3, -0.25) is 20.4 Å². The van der Waals surface area contributed by atoms with E-state index in [2.05, 4.69) is 10.9 Å². The summed E-state index contributed by atoms with van der Waals surface area (Å²) < 4.78 is 15.5. The van der Waals surface area contributed by atoms with Gasteiger partial charge in [0.05, 0.1) is 7.11 Å². The first-order valence-electron chi connectivity index (χ1n) is 7.77. The second-order valence-electron chi connectivity index (χ2n) is 5.42. The summed E-state index contributed by atoms with van der Waals surface area (Å²) in [5, 5.41) is 0. The van der Waals surface area contributed by atoms with E-state index in [4.69, 9.17) is 14.2 Å². The van der Waals surface area contributed by atoms with E-state index in [1.807, 2.05) is 24.3 Å². The van der Waals surface area contributed by atoms with E-state index >= 15 is 0 Å². The van der Waals surface area contributed by atoms with Crippen molar-refractivity contribution in [3.8, 4) is 17.2 Å². The molecule has 2 aromatic carbocycles. The molecule has 0 aliphatic carbocycles. The van der Waals surface area contributed by atoms with Gasteiger partial charge in [-0.05, 0) is 42.3 Å². The molecule has 0 spiro atoms. The van der Waals surface area contributed by atoms with Gasteiger partial charge in [-0.25, -0.2) is 0 Å². The third kappa shape index (κ3) is 4.20. The molecule has 7 heteroatoms. The van der Waals surface area contributed by atoms with Gasteiger partial charge < -0.3 is 14.2 Å². The van der Waals surface area contributed by atoms with Crippen LogP contribution in [0.4, 0.5) is 0 Å². The van der Waals surface area contributed by atoms with Gasteiger partial charge in [-0.1, -0.05) is 12.1 Å². The van der Waals surface area contributed by atoms with Crippen LogP contribution in [0.1, 0.15) is 22.3 Å². The van der Waals surface area contributed by atoms with Crippen molar-refractivity contribution in [3.05, 3.63) is 53.6 Å². The number of nitrogens with one attached hydrogen (secondary N) is 2. The Morgan fingerprint density at radius 1 is 1.04 bits per heavy atom. The van der Waals surface area contributed by atoms with Crippen molar-refractivity contribution in [2.45, 2.75) is 12.8 Å². The number of hydrogen-bond acceptors (Lipinski definition) is 5. The van der Waals surface area contributed by atoms with E-state index in [1.165, 1.54) is 0 Å². The van der Waals surface area contributed by atoms with Gasteiger partial charge in [0.25, 0.3) is 5.91 Å². The molecule has 0 atom stereocenters. The summed E-state index contributed by atoms with van der Waals surface area (Å²) in [6.45, 7) is 0.141. The highest BCUT2D eigenvalue weighted by molar-refractivity contribution is 5.96. The molecule has 2 amide bonds. The SMILES string of the molecule is COc1ccc(CCC(=O)NNC(=O)c2ccc3c(c2)OCO3)cc1. The van der Waals surface area contributed by atoms with Crippen LogP contribution < -0.4 is 25.1 Å². The van der Waals surface area contributed by atoms with Crippen LogP contribution in [0.15, 0.2) is 42.5 Å². The van der Waals surface area contributed by atoms with Crippen molar-refractivity contribution in [2.24, 2.45) is 0 Å². The van der Waals surface area contributed by atoms with Gasteiger partial charge in [0.1, 0.15) is 5.75 Å². The largest absolute Gasteiger partial charge is 0.497 e. The zero-order valence-corrected chi connectivity index (χ0v) is 13.7. The molecule has 0 unspecified atom stereocenters. The predicted octanol–water partition coefficient (Wildman–Crippen LogP) is 1.82. The molecule has 1 aliphatic heterocycles. The lowest BCUT2D eigenvalue weighted by molar-refractivity contribution is -0.121. The minimum atomic E-state index is -0.420. The van der Waals surface area contributed by atoms with Crippen molar-refractivity contribution < 1.29 is 23.8 Å². The summed E-state index contributed by atoms with van der Waals surface area (Å²) in [4.78, 5) is 23.9. The Balaban J connectivity index is 1.46. The molecule has 130 valence electrons. The van der Waals surface area contributed by atoms with Gasteiger partial charge in [0.15, 0.2) is 11.5 Å². The molecular weight excluding hydrogens is 324 g/mol. The highest BCUT2D eigenvalue weighted by Crippen LogP contribution is 2.32. The second-order valence-corrected chi connectivity index (χ2v) is 5.42. The van der Waals surface area contributed by atoms with Crippen LogP contribution in [0, 0.1) is 0 Å². The number of benzene rings is 2. The van der Waals surface area contributed by atoms with Gasteiger partial charge in [0, 0.05) is 12.0 Å². The molecule has 7 nitrogen and oxygen atoms in total. The molecule has 0 aromatic heterocycles. The summed E-state index contributed by atoms with van der Waals surface area (Å²) >= 11 is 0. The molecule has 0 radical (unpaired) electrons. The Hall–Kier alpha value is -3.22. The number of aryl methyl sites for hydroxylation is 1. The highest BCUT2D eigenvalue weighted by atomic mass is 16.7. The summed E-state index contributed by atoms with van der Waals surface area (Å²) in [6, 6.07) is 12.3. The van der Waals surface area contributed by atoms with Gasteiger partial charge in [0.2, 0.25) is 12.7 Å². The monoisotopic (exact) mass is 342 g/mol. The number of hydrogen-bond donors (Lipinski definition) is 2. The Kier molecular flexibility index (Phi) is 5.03. The fraction of sp³-hybridized carbons (Fsp3) is 0.222. The number of fused-ring (bicyclic) bond motifs is 1. The summed E-state index contributed by atoms with van der Waals surface area (Å²) in [7, 11) is 1.60. The fourth-order valence-electron chi connectivity index (χ4n) is 2.35. The van der Waals surface area contributed by atoms with Gasteiger partial charge in [-0.2, -0.15) is 0 Å². The highest BCUT2D eigenvalue weighted by Gasteiger charge is 2.16. The number of ether oxygens (including phenoxy) is 3. The Bertz CT molecular complexity index is 774. The maximum atomic E-state index is 12.1. The minimum absolute atomic E-state index is 0.141. The minimum Gasteiger partial charge on any atom is -0.497 e. The number of hydrazine groups is 1. The lowest BCUT2D eigenvalue weighted by Crippen LogP contribution is -2.41. The molecular formula is C18H18N2O5. The zero-order chi connectivity index (χ0) is 17.6. The number of carbonyl (C=O) groups excluding carboxylic acids is 2. The first-order valence-corrected chi connectivity index (χ1v) is 7.77. The van der Waals surface area contributed by atoms with E-state index in [1.54, 1.807) is 25.3 Å². The Morgan fingerprint density at radius 2 is 1.80 bits per heavy atom. The van der Waals surface area contributed by atoms with Crippen LogP contribution in [0.5, 0.6) is 17.2 Å². The zero-order valence-electron chi connectivity index (χ0n) is 13.7. The summed E-state index contributed by atoms with van der Waals surface area (Å²) in [5.74, 6) is 1.18. The summed E-state index contributed by atoms with van der Waals surface area (Å²) in [5.41, 5.74) is 6.18. The van der Waals surface area contributed by atoms with Gasteiger partial charge in [-0.15, -0.1) is 0 Å².